The highest BCUT2D eigenvalue weighted by molar-refractivity contribution is 5.75. The first-order valence-corrected chi connectivity index (χ1v) is 6.66. The SMILES string of the molecule is CCCNC(CCOC(C)COCC)C(=O)OC. The van der Waals surface area contributed by atoms with E-state index in [4.69, 9.17) is 14.2 Å². The van der Waals surface area contributed by atoms with E-state index in [9.17, 15) is 4.79 Å². The molecule has 0 amide bonds. The van der Waals surface area contributed by atoms with Crippen LogP contribution in [0.15, 0.2) is 0 Å². The van der Waals surface area contributed by atoms with Crippen molar-refractivity contribution >= 4 is 5.97 Å². The molecule has 0 aromatic heterocycles. The fourth-order valence-corrected chi connectivity index (χ4v) is 1.48. The molecule has 0 spiro atoms. The van der Waals surface area contributed by atoms with Gasteiger partial charge in [-0.3, -0.25) is 4.79 Å². The van der Waals surface area contributed by atoms with E-state index in [1.54, 1.807) is 0 Å². The zero-order valence-electron chi connectivity index (χ0n) is 12.0. The molecule has 5 nitrogen and oxygen atoms in total. The van der Waals surface area contributed by atoms with Crippen molar-refractivity contribution in [2.75, 3.05) is 33.5 Å². The number of hydrogen-bond donors (Lipinski definition) is 1. The molecule has 0 rings (SSSR count). The molecule has 0 aromatic carbocycles. The Kier molecular flexibility index (Phi) is 11.0. The molecule has 0 saturated carbocycles. The van der Waals surface area contributed by atoms with Gasteiger partial charge in [0, 0.05) is 13.2 Å². The van der Waals surface area contributed by atoms with Crippen molar-refractivity contribution in [1.29, 1.82) is 0 Å². The minimum Gasteiger partial charge on any atom is -0.468 e. The van der Waals surface area contributed by atoms with Gasteiger partial charge in [0.1, 0.15) is 6.04 Å². The summed E-state index contributed by atoms with van der Waals surface area (Å²) in [4.78, 5) is 11.5. The largest absolute Gasteiger partial charge is 0.468 e. The molecular formula is C13H27NO4. The summed E-state index contributed by atoms with van der Waals surface area (Å²) in [6.45, 7) is 8.57. The fraction of sp³-hybridized carbons (Fsp3) is 0.923. The third-order valence-electron chi connectivity index (χ3n) is 2.49. The Hall–Kier alpha value is -0.650. The highest BCUT2D eigenvalue weighted by Crippen LogP contribution is 2.00. The molecule has 0 bridgehead atoms. The Labute approximate surface area is 110 Å². The second-order valence-electron chi connectivity index (χ2n) is 4.16. The van der Waals surface area contributed by atoms with Crippen molar-refractivity contribution < 1.29 is 19.0 Å². The number of nitrogens with one attached hydrogen (secondary N) is 1. The lowest BCUT2D eigenvalue weighted by atomic mass is 10.2. The molecule has 108 valence electrons. The van der Waals surface area contributed by atoms with E-state index in [-0.39, 0.29) is 18.1 Å². The summed E-state index contributed by atoms with van der Waals surface area (Å²) in [5.74, 6) is -0.232. The van der Waals surface area contributed by atoms with Crippen molar-refractivity contribution in [2.45, 2.75) is 45.8 Å². The summed E-state index contributed by atoms with van der Waals surface area (Å²) < 4.78 is 15.6. The third-order valence-corrected chi connectivity index (χ3v) is 2.49. The number of esters is 1. The predicted octanol–water partition coefficient (Wildman–Crippen LogP) is 1.36. The molecule has 0 heterocycles. The average Bonchev–Trinajstić information content (AvgIpc) is 2.39. The number of carbonyl (C=O) groups is 1. The lowest BCUT2D eigenvalue weighted by Gasteiger charge is -2.18. The van der Waals surface area contributed by atoms with Crippen molar-refractivity contribution in [1.82, 2.24) is 5.32 Å². The molecule has 0 aliphatic heterocycles. The van der Waals surface area contributed by atoms with Gasteiger partial charge in [-0.15, -0.1) is 0 Å². The van der Waals surface area contributed by atoms with Crippen molar-refractivity contribution in [3.63, 3.8) is 0 Å². The van der Waals surface area contributed by atoms with Gasteiger partial charge in [-0.2, -0.15) is 0 Å². The molecule has 0 radical (unpaired) electrons. The fourth-order valence-electron chi connectivity index (χ4n) is 1.48. The van der Waals surface area contributed by atoms with E-state index >= 15 is 0 Å². The first-order chi connectivity index (χ1) is 8.65. The summed E-state index contributed by atoms with van der Waals surface area (Å²) >= 11 is 0. The monoisotopic (exact) mass is 261 g/mol. The molecule has 2 atom stereocenters. The van der Waals surface area contributed by atoms with Gasteiger partial charge in [-0.05, 0) is 33.2 Å². The van der Waals surface area contributed by atoms with Crippen LogP contribution in [-0.4, -0.2) is 51.6 Å². The first-order valence-electron chi connectivity index (χ1n) is 6.66. The van der Waals surface area contributed by atoms with Gasteiger partial charge in [0.25, 0.3) is 0 Å². The van der Waals surface area contributed by atoms with Crippen molar-refractivity contribution in [2.24, 2.45) is 0 Å². The molecule has 0 aromatic rings. The summed E-state index contributed by atoms with van der Waals surface area (Å²) in [6.07, 6.45) is 1.65. The van der Waals surface area contributed by atoms with Crippen LogP contribution in [0.25, 0.3) is 0 Å². The van der Waals surface area contributed by atoms with Gasteiger partial charge < -0.3 is 19.5 Å². The van der Waals surface area contributed by atoms with Crippen molar-refractivity contribution in [3.8, 4) is 0 Å². The minimum absolute atomic E-state index is 0.0504. The standard InChI is InChI=1S/C13H27NO4/c1-5-8-14-12(13(15)16-4)7-9-18-11(3)10-17-6-2/h11-12,14H,5-10H2,1-4H3. The molecule has 5 heteroatoms. The van der Waals surface area contributed by atoms with Crippen LogP contribution < -0.4 is 5.32 Å². The molecule has 0 fully saturated rings. The van der Waals surface area contributed by atoms with Crippen LogP contribution in [0.2, 0.25) is 0 Å². The van der Waals surface area contributed by atoms with Crippen LogP contribution in [0.4, 0.5) is 0 Å². The number of rotatable bonds is 11. The van der Waals surface area contributed by atoms with Gasteiger partial charge in [0.2, 0.25) is 0 Å². The Balaban J connectivity index is 3.84. The molecular weight excluding hydrogens is 234 g/mol. The third kappa shape index (κ3) is 8.44. The van der Waals surface area contributed by atoms with Crippen LogP contribution in [0, 0.1) is 0 Å². The van der Waals surface area contributed by atoms with Gasteiger partial charge in [-0.25, -0.2) is 0 Å². The van der Waals surface area contributed by atoms with Crippen LogP contribution in [-0.2, 0) is 19.0 Å². The van der Waals surface area contributed by atoms with Crippen LogP contribution >= 0.6 is 0 Å². The molecule has 18 heavy (non-hydrogen) atoms. The maximum Gasteiger partial charge on any atom is 0.322 e. The second-order valence-corrected chi connectivity index (χ2v) is 4.16. The number of carbonyl (C=O) groups excluding carboxylic acids is 1. The maximum absolute atomic E-state index is 11.5. The number of hydrogen-bond acceptors (Lipinski definition) is 5. The Morgan fingerprint density at radius 1 is 1.33 bits per heavy atom. The van der Waals surface area contributed by atoms with Crippen LogP contribution in [0.5, 0.6) is 0 Å². The average molecular weight is 261 g/mol. The van der Waals surface area contributed by atoms with E-state index < -0.39 is 0 Å². The molecule has 2 unspecified atom stereocenters. The molecule has 0 aliphatic carbocycles. The summed E-state index contributed by atoms with van der Waals surface area (Å²) in [5.41, 5.74) is 0. The quantitative estimate of drug-likeness (QED) is 0.569. The first kappa shape index (κ1) is 17.4. The maximum atomic E-state index is 11.5. The van der Waals surface area contributed by atoms with Crippen molar-refractivity contribution in [3.05, 3.63) is 0 Å². The molecule has 0 saturated heterocycles. The van der Waals surface area contributed by atoms with Gasteiger partial charge >= 0.3 is 5.97 Å². The summed E-state index contributed by atoms with van der Waals surface area (Å²) in [7, 11) is 1.40. The van der Waals surface area contributed by atoms with E-state index in [0.717, 1.165) is 13.0 Å². The zero-order valence-corrected chi connectivity index (χ0v) is 12.0. The Morgan fingerprint density at radius 3 is 2.61 bits per heavy atom. The van der Waals surface area contributed by atoms with E-state index in [0.29, 0.717) is 26.2 Å². The lowest BCUT2D eigenvalue weighted by molar-refractivity contribution is -0.143. The number of methoxy groups -OCH3 is 1. The van der Waals surface area contributed by atoms with E-state index in [2.05, 4.69) is 12.2 Å². The van der Waals surface area contributed by atoms with E-state index in [1.807, 2.05) is 13.8 Å². The molecule has 0 aliphatic rings. The minimum atomic E-state index is -0.283. The van der Waals surface area contributed by atoms with Crippen LogP contribution in [0.1, 0.15) is 33.6 Å². The highest BCUT2D eigenvalue weighted by Gasteiger charge is 2.18. The van der Waals surface area contributed by atoms with Gasteiger partial charge in [-0.1, -0.05) is 6.92 Å². The van der Waals surface area contributed by atoms with Crippen LogP contribution in [0.3, 0.4) is 0 Å². The normalized spacial score (nSPS) is 14.2. The van der Waals surface area contributed by atoms with Gasteiger partial charge in [0.15, 0.2) is 0 Å². The smallest absolute Gasteiger partial charge is 0.322 e. The molecule has 1 N–H and O–H groups in total. The van der Waals surface area contributed by atoms with Gasteiger partial charge in [0.05, 0.1) is 19.8 Å². The Morgan fingerprint density at radius 2 is 2.06 bits per heavy atom. The summed E-state index contributed by atoms with van der Waals surface area (Å²) in [6, 6.07) is -0.283. The Bertz CT molecular complexity index is 211. The lowest BCUT2D eigenvalue weighted by Crippen LogP contribution is -2.39. The zero-order chi connectivity index (χ0) is 13.8. The topological polar surface area (TPSA) is 56.8 Å². The second kappa shape index (κ2) is 11.4. The summed E-state index contributed by atoms with van der Waals surface area (Å²) in [5, 5.41) is 3.15. The van der Waals surface area contributed by atoms with E-state index in [1.165, 1.54) is 7.11 Å². The number of ether oxygens (including phenoxy) is 3. The predicted molar refractivity (Wildman–Crippen MR) is 70.6 cm³/mol. The highest BCUT2D eigenvalue weighted by atomic mass is 16.5.